The standard InChI is InChI=1S/C8H9BrNO/c9-8-5-4-6-2-1-3-7(6)10(8)11/h4-5,11H,1-3H2/q+1. The number of pyridine rings is 1. The number of fused-ring (bicyclic) bond motifs is 1. The minimum atomic E-state index is 0.734. The highest BCUT2D eigenvalue weighted by molar-refractivity contribution is 9.10. The summed E-state index contributed by atoms with van der Waals surface area (Å²) in [5.74, 6) is 0. The van der Waals surface area contributed by atoms with Gasteiger partial charge in [-0.2, -0.15) is 0 Å². The first-order valence-corrected chi connectivity index (χ1v) is 4.50. The number of aryl methyl sites for hydroxylation is 1. The Morgan fingerprint density at radius 1 is 1.36 bits per heavy atom. The molecule has 11 heavy (non-hydrogen) atoms. The van der Waals surface area contributed by atoms with E-state index >= 15 is 0 Å². The molecule has 3 heteroatoms. The first-order valence-electron chi connectivity index (χ1n) is 3.70. The molecule has 58 valence electrons. The van der Waals surface area contributed by atoms with Gasteiger partial charge in [0.05, 0.1) is 0 Å². The Bertz CT molecular complexity index is 298. The van der Waals surface area contributed by atoms with Gasteiger partial charge in [0.15, 0.2) is 0 Å². The molecule has 2 nitrogen and oxygen atoms in total. The molecular formula is C8H9BrNO+. The summed E-state index contributed by atoms with van der Waals surface area (Å²) < 4.78 is 1.97. The first kappa shape index (κ1) is 7.10. The van der Waals surface area contributed by atoms with Gasteiger partial charge in [-0.3, -0.25) is 5.21 Å². The predicted molar refractivity (Wildman–Crippen MR) is 43.5 cm³/mol. The Morgan fingerprint density at radius 2 is 2.18 bits per heavy atom. The SMILES string of the molecule is O[n+]1c(Br)ccc2c1CCC2. The molecule has 1 N–H and O–H groups in total. The average Bonchev–Trinajstić information content (AvgIpc) is 2.45. The maximum absolute atomic E-state index is 9.49. The lowest BCUT2D eigenvalue weighted by Gasteiger charge is -1.94. The molecule has 0 bridgehead atoms. The number of hydrogen-bond acceptors (Lipinski definition) is 1. The van der Waals surface area contributed by atoms with Gasteiger partial charge in [-0.25, -0.2) is 0 Å². The van der Waals surface area contributed by atoms with Crippen molar-refractivity contribution in [3.05, 3.63) is 28.0 Å². The second-order valence-electron chi connectivity index (χ2n) is 2.79. The zero-order chi connectivity index (χ0) is 7.84. The molecule has 0 amide bonds. The maximum atomic E-state index is 9.49. The molecule has 0 saturated heterocycles. The van der Waals surface area contributed by atoms with Gasteiger partial charge < -0.3 is 0 Å². The highest BCUT2D eigenvalue weighted by Crippen LogP contribution is 2.19. The van der Waals surface area contributed by atoms with Crippen LogP contribution in [0.1, 0.15) is 17.7 Å². The van der Waals surface area contributed by atoms with E-state index in [1.165, 1.54) is 10.3 Å². The van der Waals surface area contributed by atoms with E-state index in [0.29, 0.717) is 0 Å². The zero-order valence-electron chi connectivity index (χ0n) is 6.05. The van der Waals surface area contributed by atoms with Crippen molar-refractivity contribution in [2.24, 2.45) is 0 Å². The van der Waals surface area contributed by atoms with Crippen LogP contribution >= 0.6 is 15.9 Å². The highest BCUT2D eigenvalue weighted by Gasteiger charge is 2.24. The van der Waals surface area contributed by atoms with Crippen molar-refractivity contribution in [1.29, 1.82) is 0 Å². The van der Waals surface area contributed by atoms with Crippen molar-refractivity contribution < 1.29 is 9.94 Å². The van der Waals surface area contributed by atoms with E-state index in [4.69, 9.17) is 0 Å². The van der Waals surface area contributed by atoms with Crippen LogP contribution in [0.3, 0.4) is 0 Å². The molecule has 1 aromatic rings. The zero-order valence-corrected chi connectivity index (χ0v) is 7.63. The first-order chi connectivity index (χ1) is 5.29. The smallest absolute Gasteiger partial charge is 0.284 e. The molecule has 0 radical (unpaired) electrons. The molecule has 0 atom stereocenters. The third-order valence-corrected chi connectivity index (χ3v) is 2.71. The Kier molecular flexibility index (Phi) is 1.60. The van der Waals surface area contributed by atoms with E-state index in [1.54, 1.807) is 0 Å². The molecule has 1 aromatic heterocycles. The number of nitrogens with zero attached hydrogens (tertiary/aromatic N) is 1. The van der Waals surface area contributed by atoms with Crippen molar-refractivity contribution in [1.82, 2.24) is 0 Å². The quantitative estimate of drug-likeness (QED) is 0.395. The van der Waals surface area contributed by atoms with Gasteiger partial charge in [0, 0.05) is 38.7 Å². The van der Waals surface area contributed by atoms with E-state index < -0.39 is 0 Å². The van der Waals surface area contributed by atoms with Crippen LogP contribution in [0.2, 0.25) is 0 Å². The second-order valence-corrected chi connectivity index (χ2v) is 3.61. The Labute approximate surface area is 73.6 Å². The maximum Gasteiger partial charge on any atom is 0.298 e. The topological polar surface area (TPSA) is 24.1 Å². The third kappa shape index (κ3) is 1.03. The van der Waals surface area contributed by atoms with Crippen LogP contribution in [0.5, 0.6) is 0 Å². The fraction of sp³-hybridized carbons (Fsp3) is 0.375. The Hall–Kier alpha value is -0.570. The van der Waals surface area contributed by atoms with Gasteiger partial charge in [0.2, 0.25) is 5.69 Å². The predicted octanol–water partition coefficient (Wildman–Crippen LogP) is 1.46. The van der Waals surface area contributed by atoms with Gasteiger partial charge in [0.1, 0.15) is 0 Å². The van der Waals surface area contributed by atoms with Crippen LogP contribution in [0, 0.1) is 0 Å². The summed E-state index contributed by atoms with van der Waals surface area (Å²) in [7, 11) is 0. The summed E-state index contributed by atoms with van der Waals surface area (Å²) in [5.41, 5.74) is 2.33. The van der Waals surface area contributed by atoms with Crippen LogP contribution < -0.4 is 4.73 Å². The second kappa shape index (κ2) is 2.48. The lowest BCUT2D eigenvalue weighted by Crippen LogP contribution is -2.36. The lowest BCUT2D eigenvalue weighted by atomic mass is 10.2. The molecule has 0 spiro atoms. The fourth-order valence-electron chi connectivity index (χ4n) is 1.54. The monoisotopic (exact) mass is 214 g/mol. The van der Waals surface area contributed by atoms with Crippen molar-refractivity contribution in [3.8, 4) is 0 Å². The van der Waals surface area contributed by atoms with Gasteiger partial charge in [-0.15, -0.1) is 0 Å². The van der Waals surface area contributed by atoms with Crippen molar-refractivity contribution in [2.45, 2.75) is 19.3 Å². The molecule has 2 rings (SSSR count). The molecule has 1 aliphatic carbocycles. The van der Waals surface area contributed by atoms with Gasteiger partial charge >= 0.3 is 0 Å². The number of aromatic nitrogens is 1. The van der Waals surface area contributed by atoms with E-state index in [1.807, 2.05) is 6.07 Å². The molecule has 0 unspecified atom stereocenters. The normalized spacial score (nSPS) is 15.0. The number of hydrogen-bond donors (Lipinski definition) is 1. The summed E-state index contributed by atoms with van der Waals surface area (Å²) in [6.07, 6.45) is 3.25. The van der Waals surface area contributed by atoms with Gasteiger partial charge in [-0.1, -0.05) is 0 Å². The van der Waals surface area contributed by atoms with E-state index in [-0.39, 0.29) is 0 Å². The Balaban J connectivity index is 2.62. The van der Waals surface area contributed by atoms with Crippen LogP contribution in [-0.2, 0) is 12.8 Å². The van der Waals surface area contributed by atoms with Crippen LogP contribution in [0.4, 0.5) is 0 Å². The summed E-state index contributed by atoms with van der Waals surface area (Å²) >= 11 is 3.26. The molecule has 1 heterocycles. The van der Waals surface area contributed by atoms with E-state index in [0.717, 1.165) is 29.6 Å². The molecule has 1 aliphatic rings. The number of rotatable bonds is 0. The van der Waals surface area contributed by atoms with Crippen molar-refractivity contribution in [2.75, 3.05) is 0 Å². The molecule has 0 aromatic carbocycles. The van der Waals surface area contributed by atoms with Crippen LogP contribution in [-0.4, -0.2) is 5.21 Å². The lowest BCUT2D eigenvalue weighted by molar-refractivity contribution is -0.917. The third-order valence-electron chi connectivity index (χ3n) is 2.11. The van der Waals surface area contributed by atoms with E-state index in [9.17, 15) is 5.21 Å². The summed E-state index contributed by atoms with van der Waals surface area (Å²) in [6, 6.07) is 3.95. The molecule has 0 saturated carbocycles. The molecular weight excluding hydrogens is 206 g/mol. The summed E-state index contributed by atoms with van der Waals surface area (Å²) in [6.45, 7) is 0. The summed E-state index contributed by atoms with van der Waals surface area (Å²) in [4.78, 5) is 0. The minimum Gasteiger partial charge on any atom is -0.284 e. The van der Waals surface area contributed by atoms with E-state index in [2.05, 4.69) is 22.0 Å². The average molecular weight is 215 g/mol. The summed E-state index contributed by atoms with van der Waals surface area (Å²) in [5, 5.41) is 9.49. The molecule has 0 aliphatic heterocycles. The van der Waals surface area contributed by atoms with Gasteiger partial charge in [0.25, 0.3) is 4.60 Å². The largest absolute Gasteiger partial charge is 0.298 e. The highest BCUT2D eigenvalue weighted by atomic mass is 79.9. The van der Waals surface area contributed by atoms with Crippen molar-refractivity contribution in [3.63, 3.8) is 0 Å². The fourth-order valence-corrected chi connectivity index (χ4v) is 1.89. The van der Waals surface area contributed by atoms with Crippen LogP contribution in [0.15, 0.2) is 16.7 Å². The van der Waals surface area contributed by atoms with Crippen LogP contribution in [0.25, 0.3) is 0 Å². The number of halogens is 1. The molecule has 0 fully saturated rings. The van der Waals surface area contributed by atoms with Crippen molar-refractivity contribution >= 4 is 15.9 Å². The van der Waals surface area contributed by atoms with Gasteiger partial charge in [-0.05, 0) is 18.9 Å². The minimum absolute atomic E-state index is 0.734. The Morgan fingerprint density at radius 3 is 3.00 bits per heavy atom.